The molecule has 0 aliphatic heterocycles. The number of halogens is 3. The summed E-state index contributed by atoms with van der Waals surface area (Å²) in [4.78, 5) is 12.4. The summed E-state index contributed by atoms with van der Waals surface area (Å²) in [5, 5.41) is 3.44. The van der Waals surface area contributed by atoms with Crippen LogP contribution < -0.4 is 14.8 Å². The van der Waals surface area contributed by atoms with Gasteiger partial charge in [0.05, 0.1) is 19.6 Å². The van der Waals surface area contributed by atoms with Crippen molar-refractivity contribution in [2.45, 2.75) is 19.6 Å². The van der Waals surface area contributed by atoms with Crippen LogP contribution in [0.5, 0.6) is 11.5 Å². The monoisotopic (exact) mass is 449 g/mol. The van der Waals surface area contributed by atoms with Gasteiger partial charge in [-0.05, 0) is 30.7 Å². The first-order chi connectivity index (χ1) is 14.8. The number of hydrogen-bond acceptors (Lipinski definition) is 7. The third-order valence-corrected chi connectivity index (χ3v) is 5.68. The minimum absolute atomic E-state index is 0.236. The topological polar surface area (TPSA) is 74.1 Å². The summed E-state index contributed by atoms with van der Waals surface area (Å²) in [6.45, 7) is 2.08. The number of alkyl halides is 3. The van der Waals surface area contributed by atoms with Crippen LogP contribution in [-0.2, 0) is 12.7 Å². The number of aryl methyl sites for hydroxylation is 1. The number of ether oxygens (including phenoxy) is 2. The first kappa shape index (κ1) is 20.9. The van der Waals surface area contributed by atoms with Gasteiger partial charge in [0.1, 0.15) is 21.3 Å². The van der Waals surface area contributed by atoms with Crippen LogP contribution in [0.4, 0.5) is 19.0 Å². The Bertz CT molecular complexity index is 1240. The molecule has 4 aromatic rings. The van der Waals surface area contributed by atoms with E-state index in [0.29, 0.717) is 46.4 Å². The Balaban J connectivity index is 1.74. The van der Waals surface area contributed by atoms with Crippen molar-refractivity contribution in [3.8, 4) is 17.4 Å². The van der Waals surface area contributed by atoms with E-state index in [2.05, 4.69) is 20.3 Å². The summed E-state index contributed by atoms with van der Waals surface area (Å²) < 4.78 is 52.1. The van der Waals surface area contributed by atoms with E-state index in [-0.39, 0.29) is 10.8 Å². The van der Waals surface area contributed by atoms with Gasteiger partial charge in [0, 0.05) is 18.9 Å². The van der Waals surface area contributed by atoms with E-state index >= 15 is 0 Å². The Morgan fingerprint density at radius 1 is 1.10 bits per heavy atom. The molecule has 0 bridgehead atoms. The molecule has 0 atom stereocenters. The zero-order valence-electron chi connectivity index (χ0n) is 16.8. The molecule has 3 heterocycles. The zero-order valence-corrected chi connectivity index (χ0v) is 17.6. The van der Waals surface area contributed by atoms with Crippen molar-refractivity contribution in [3.63, 3.8) is 0 Å². The highest BCUT2D eigenvalue weighted by molar-refractivity contribution is 7.18. The number of imidazole rings is 1. The Kier molecular flexibility index (Phi) is 5.44. The van der Waals surface area contributed by atoms with Crippen LogP contribution in [0.3, 0.4) is 0 Å². The molecule has 162 valence electrons. The quantitative estimate of drug-likeness (QED) is 0.454. The van der Waals surface area contributed by atoms with Crippen molar-refractivity contribution < 1.29 is 22.6 Å². The lowest BCUT2D eigenvalue weighted by Gasteiger charge is -2.12. The molecule has 1 N–H and O–H groups in total. The lowest BCUT2D eigenvalue weighted by molar-refractivity contribution is -0.134. The molecule has 11 heteroatoms. The molecule has 7 nitrogen and oxygen atoms in total. The van der Waals surface area contributed by atoms with E-state index in [9.17, 15) is 13.2 Å². The van der Waals surface area contributed by atoms with Crippen LogP contribution in [0.25, 0.3) is 16.2 Å². The van der Waals surface area contributed by atoms with Gasteiger partial charge in [0.2, 0.25) is 5.95 Å². The van der Waals surface area contributed by atoms with Crippen molar-refractivity contribution in [2.75, 3.05) is 19.5 Å². The van der Waals surface area contributed by atoms with Crippen molar-refractivity contribution in [3.05, 3.63) is 52.9 Å². The maximum absolute atomic E-state index is 13.3. The van der Waals surface area contributed by atoms with Crippen molar-refractivity contribution in [1.29, 1.82) is 0 Å². The Morgan fingerprint density at radius 2 is 1.87 bits per heavy atom. The van der Waals surface area contributed by atoms with Gasteiger partial charge in [-0.3, -0.25) is 4.57 Å². The second kappa shape index (κ2) is 8.06. The highest BCUT2D eigenvalue weighted by Gasteiger charge is 2.33. The number of anilines is 1. The maximum atomic E-state index is 13.3. The number of hydrogen-bond donors (Lipinski definition) is 1. The third-order valence-electron chi connectivity index (χ3n) is 4.61. The molecule has 0 radical (unpaired) electrons. The molecule has 3 aromatic heterocycles. The summed E-state index contributed by atoms with van der Waals surface area (Å²) in [6.07, 6.45) is -1.22. The molecule has 0 saturated carbocycles. The molecule has 0 amide bonds. The SMILES string of the molecule is COc1ccc(CNc2nc(-n3ccnc3C)nc3sc(C(F)(F)F)cc23)cc1OC. The van der Waals surface area contributed by atoms with Crippen LogP contribution in [0.15, 0.2) is 36.7 Å². The molecular weight excluding hydrogens is 431 g/mol. The van der Waals surface area contributed by atoms with E-state index in [1.165, 1.54) is 7.11 Å². The summed E-state index contributed by atoms with van der Waals surface area (Å²) in [5.41, 5.74) is 0.844. The fourth-order valence-corrected chi connectivity index (χ4v) is 3.95. The Labute approximate surface area is 179 Å². The predicted molar refractivity (Wildman–Crippen MR) is 111 cm³/mol. The smallest absolute Gasteiger partial charge is 0.425 e. The molecule has 0 saturated heterocycles. The molecule has 1 aromatic carbocycles. The minimum atomic E-state index is -4.46. The number of rotatable bonds is 6. The first-order valence-electron chi connectivity index (χ1n) is 9.14. The fraction of sp³-hybridized carbons (Fsp3) is 0.250. The number of benzene rings is 1. The second-order valence-corrected chi connectivity index (χ2v) is 7.62. The van der Waals surface area contributed by atoms with Gasteiger partial charge >= 0.3 is 6.18 Å². The van der Waals surface area contributed by atoms with Crippen molar-refractivity contribution in [2.24, 2.45) is 0 Å². The number of nitrogens with zero attached hydrogens (tertiary/aromatic N) is 4. The summed E-state index contributed by atoms with van der Waals surface area (Å²) in [6, 6.07) is 6.46. The van der Waals surface area contributed by atoms with Gasteiger partial charge in [-0.25, -0.2) is 9.97 Å². The van der Waals surface area contributed by atoms with Gasteiger partial charge in [0.15, 0.2) is 11.5 Å². The standard InChI is InChI=1S/C20H18F3N5O2S/c1-11-24-6-7-28(11)19-26-17(13-9-16(20(21,22)23)31-18(13)27-19)25-10-12-4-5-14(29-2)15(8-12)30-3/h4-9H,10H2,1-3H3,(H,25,26,27). The Hall–Kier alpha value is -3.34. The fourth-order valence-electron chi connectivity index (χ4n) is 3.06. The van der Waals surface area contributed by atoms with Gasteiger partial charge in [0.25, 0.3) is 0 Å². The molecule has 4 rings (SSSR count). The lowest BCUT2D eigenvalue weighted by atomic mass is 10.2. The third kappa shape index (κ3) is 4.13. The molecule has 0 aliphatic rings. The zero-order chi connectivity index (χ0) is 22.2. The van der Waals surface area contributed by atoms with Crippen LogP contribution in [-0.4, -0.2) is 33.7 Å². The average Bonchev–Trinajstić information content (AvgIpc) is 3.37. The molecular formula is C20H18F3N5O2S. The van der Waals surface area contributed by atoms with Crippen LogP contribution in [0.2, 0.25) is 0 Å². The Morgan fingerprint density at radius 3 is 2.52 bits per heavy atom. The lowest BCUT2D eigenvalue weighted by Crippen LogP contribution is -2.07. The van der Waals surface area contributed by atoms with Crippen LogP contribution in [0.1, 0.15) is 16.3 Å². The average molecular weight is 449 g/mol. The van der Waals surface area contributed by atoms with Gasteiger partial charge < -0.3 is 14.8 Å². The van der Waals surface area contributed by atoms with E-state index in [4.69, 9.17) is 9.47 Å². The van der Waals surface area contributed by atoms with E-state index in [0.717, 1.165) is 11.6 Å². The molecule has 0 fully saturated rings. The molecule has 0 spiro atoms. The van der Waals surface area contributed by atoms with Crippen LogP contribution >= 0.6 is 11.3 Å². The summed E-state index contributed by atoms with van der Waals surface area (Å²) >= 11 is 0.582. The van der Waals surface area contributed by atoms with Crippen molar-refractivity contribution >= 4 is 27.4 Å². The van der Waals surface area contributed by atoms with Crippen LogP contribution in [0, 0.1) is 6.92 Å². The number of methoxy groups -OCH3 is 2. The number of nitrogens with one attached hydrogen (secondary N) is 1. The van der Waals surface area contributed by atoms with Gasteiger partial charge in [-0.1, -0.05) is 6.07 Å². The maximum Gasteiger partial charge on any atom is 0.425 e. The highest BCUT2D eigenvalue weighted by Crippen LogP contribution is 2.39. The summed E-state index contributed by atoms with van der Waals surface area (Å²) in [7, 11) is 3.08. The molecule has 31 heavy (non-hydrogen) atoms. The first-order valence-corrected chi connectivity index (χ1v) is 9.95. The predicted octanol–water partition coefficient (Wildman–Crippen LogP) is 4.83. The molecule has 0 aliphatic carbocycles. The van der Waals surface area contributed by atoms with Gasteiger partial charge in [-0.15, -0.1) is 11.3 Å². The number of aromatic nitrogens is 4. The second-order valence-electron chi connectivity index (χ2n) is 6.59. The van der Waals surface area contributed by atoms with E-state index in [1.807, 2.05) is 6.07 Å². The molecule has 0 unspecified atom stereocenters. The van der Waals surface area contributed by atoms with Gasteiger partial charge in [-0.2, -0.15) is 18.2 Å². The minimum Gasteiger partial charge on any atom is -0.493 e. The van der Waals surface area contributed by atoms with E-state index < -0.39 is 11.1 Å². The number of fused-ring (bicyclic) bond motifs is 1. The largest absolute Gasteiger partial charge is 0.493 e. The summed E-state index contributed by atoms with van der Waals surface area (Å²) in [5.74, 6) is 2.31. The van der Waals surface area contributed by atoms with Crippen molar-refractivity contribution in [1.82, 2.24) is 19.5 Å². The number of thiophene rings is 1. The normalized spacial score (nSPS) is 11.7. The highest BCUT2D eigenvalue weighted by atomic mass is 32.1. The van der Waals surface area contributed by atoms with E-state index in [1.54, 1.807) is 43.1 Å².